The average molecular weight is 232 g/mol. The number of hydrogen-bond donors (Lipinski definition) is 2. The Bertz CT molecular complexity index is 395. The molecule has 17 heavy (non-hydrogen) atoms. The lowest BCUT2D eigenvalue weighted by molar-refractivity contribution is -0.122. The Balaban J connectivity index is 1.90. The third-order valence-electron chi connectivity index (χ3n) is 3.03. The largest absolute Gasteiger partial charge is 0.353 e. The quantitative estimate of drug-likeness (QED) is 0.827. The van der Waals surface area contributed by atoms with Crippen LogP contribution < -0.4 is 11.1 Å². The minimum atomic E-state index is -0.435. The van der Waals surface area contributed by atoms with Crippen molar-refractivity contribution in [3.8, 4) is 0 Å². The molecule has 0 fully saturated rings. The average Bonchev–Trinajstić information content (AvgIpc) is 2.55. The van der Waals surface area contributed by atoms with Gasteiger partial charge >= 0.3 is 0 Å². The number of nitrogens with one attached hydrogen (secondary N) is 1. The van der Waals surface area contributed by atoms with Gasteiger partial charge in [0.25, 0.3) is 0 Å². The van der Waals surface area contributed by atoms with Crippen molar-refractivity contribution in [1.82, 2.24) is 5.32 Å². The van der Waals surface area contributed by atoms with E-state index in [0.29, 0.717) is 6.42 Å². The van der Waals surface area contributed by atoms with Gasteiger partial charge < -0.3 is 11.1 Å². The second-order valence-corrected chi connectivity index (χ2v) is 5.61. The van der Waals surface area contributed by atoms with Crippen molar-refractivity contribution in [2.24, 2.45) is 5.73 Å². The zero-order valence-electron chi connectivity index (χ0n) is 10.5. The van der Waals surface area contributed by atoms with E-state index >= 15 is 0 Å². The minimum absolute atomic E-state index is 0.0512. The van der Waals surface area contributed by atoms with E-state index in [9.17, 15) is 4.79 Å². The molecule has 1 aliphatic carbocycles. The van der Waals surface area contributed by atoms with E-state index in [-0.39, 0.29) is 11.9 Å². The highest BCUT2D eigenvalue weighted by molar-refractivity contribution is 5.77. The summed E-state index contributed by atoms with van der Waals surface area (Å²) in [4.78, 5) is 11.8. The lowest BCUT2D eigenvalue weighted by Crippen LogP contribution is -2.42. The zero-order chi connectivity index (χ0) is 12.5. The second-order valence-electron chi connectivity index (χ2n) is 5.61. The standard InChI is InChI=1S/C14H20N2O/c1-14(2,15)9-13(17)16-12-7-10-5-3-4-6-11(10)8-12/h3-6,12H,7-9,15H2,1-2H3,(H,16,17). The van der Waals surface area contributed by atoms with Crippen LogP contribution in [0.2, 0.25) is 0 Å². The van der Waals surface area contributed by atoms with Crippen molar-refractivity contribution in [3.05, 3.63) is 35.4 Å². The molecule has 0 unspecified atom stereocenters. The monoisotopic (exact) mass is 232 g/mol. The number of amides is 1. The summed E-state index contributed by atoms with van der Waals surface area (Å²) in [6.07, 6.45) is 2.25. The van der Waals surface area contributed by atoms with Crippen molar-refractivity contribution in [3.63, 3.8) is 0 Å². The molecule has 0 aliphatic heterocycles. The molecule has 0 heterocycles. The van der Waals surface area contributed by atoms with Gasteiger partial charge in [0.05, 0.1) is 0 Å². The minimum Gasteiger partial charge on any atom is -0.353 e. The molecule has 2 rings (SSSR count). The third-order valence-corrected chi connectivity index (χ3v) is 3.03. The fourth-order valence-electron chi connectivity index (χ4n) is 2.35. The Morgan fingerprint density at radius 1 is 1.35 bits per heavy atom. The molecule has 0 aromatic heterocycles. The van der Waals surface area contributed by atoms with Crippen LogP contribution in [0.3, 0.4) is 0 Å². The molecule has 0 atom stereocenters. The summed E-state index contributed by atoms with van der Waals surface area (Å²) in [5.41, 5.74) is 8.10. The fraction of sp³-hybridized carbons (Fsp3) is 0.500. The first-order valence-corrected chi connectivity index (χ1v) is 6.09. The number of rotatable bonds is 3. The van der Waals surface area contributed by atoms with Gasteiger partial charge in [-0.25, -0.2) is 0 Å². The predicted molar refractivity (Wildman–Crippen MR) is 68.7 cm³/mol. The second kappa shape index (κ2) is 4.49. The highest BCUT2D eigenvalue weighted by atomic mass is 16.1. The number of fused-ring (bicyclic) bond motifs is 1. The van der Waals surface area contributed by atoms with Gasteiger partial charge in [0, 0.05) is 18.0 Å². The maximum absolute atomic E-state index is 11.8. The molecule has 0 spiro atoms. The fourth-order valence-corrected chi connectivity index (χ4v) is 2.35. The predicted octanol–water partition coefficient (Wildman–Crippen LogP) is 1.40. The molecule has 92 valence electrons. The summed E-state index contributed by atoms with van der Waals surface area (Å²) in [5.74, 6) is 0.0512. The van der Waals surface area contributed by atoms with E-state index < -0.39 is 5.54 Å². The Hall–Kier alpha value is -1.35. The van der Waals surface area contributed by atoms with Crippen LogP contribution in [0.4, 0.5) is 0 Å². The van der Waals surface area contributed by atoms with Crippen LogP contribution in [-0.4, -0.2) is 17.5 Å². The number of nitrogens with two attached hydrogens (primary N) is 1. The lowest BCUT2D eigenvalue weighted by atomic mass is 10.0. The molecule has 1 aromatic rings. The maximum atomic E-state index is 11.8. The van der Waals surface area contributed by atoms with Crippen LogP contribution in [0.15, 0.2) is 24.3 Å². The van der Waals surface area contributed by atoms with E-state index in [1.165, 1.54) is 11.1 Å². The first-order valence-electron chi connectivity index (χ1n) is 6.09. The Morgan fingerprint density at radius 2 is 1.88 bits per heavy atom. The molecule has 3 heteroatoms. The topological polar surface area (TPSA) is 55.1 Å². The van der Waals surface area contributed by atoms with E-state index in [1.807, 2.05) is 26.0 Å². The van der Waals surface area contributed by atoms with Crippen molar-refractivity contribution in [1.29, 1.82) is 0 Å². The number of carbonyl (C=O) groups is 1. The molecule has 3 N–H and O–H groups in total. The van der Waals surface area contributed by atoms with Gasteiger partial charge in [0.2, 0.25) is 5.91 Å². The van der Waals surface area contributed by atoms with Gasteiger partial charge in [-0.2, -0.15) is 0 Å². The molecule has 1 aromatic carbocycles. The molecule has 0 bridgehead atoms. The number of carbonyl (C=O) groups excluding carboxylic acids is 1. The van der Waals surface area contributed by atoms with E-state index in [4.69, 9.17) is 5.73 Å². The lowest BCUT2D eigenvalue weighted by Gasteiger charge is -2.19. The van der Waals surface area contributed by atoms with Gasteiger partial charge in [-0.05, 0) is 37.8 Å². The van der Waals surface area contributed by atoms with Crippen molar-refractivity contribution < 1.29 is 4.79 Å². The highest BCUT2D eigenvalue weighted by Crippen LogP contribution is 2.21. The highest BCUT2D eigenvalue weighted by Gasteiger charge is 2.24. The Labute approximate surface area is 102 Å². The normalized spacial score (nSPS) is 15.7. The number of hydrogen-bond acceptors (Lipinski definition) is 2. The summed E-state index contributed by atoms with van der Waals surface area (Å²) in [6, 6.07) is 8.60. The van der Waals surface area contributed by atoms with Crippen LogP contribution >= 0.6 is 0 Å². The van der Waals surface area contributed by atoms with Gasteiger partial charge in [-0.15, -0.1) is 0 Å². The molecule has 0 saturated carbocycles. The molecular formula is C14H20N2O. The SMILES string of the molecule is CC(C)(N)CC(=O)NC1Cc2ccccc2C1. The van der Waals surface area contributed by atoms with E-state index in [2.05, 4.69) is 17.4 Å². The van der Waals surface area contributed by atoms with E-state index in [0.717, 1.165) is 12.8 Å². The van der Waals surface area contributed by atoms with Crippen LogP contribution in [0, 0.1) is 0 Å². The molecule has 0 radical (unpaired) electrons. The zero-order valence-corrected chi connectivity index (χ0v) is 10.5. The Kier molecular flexibility index (Phi) is 3.20. The first-order chi connectivity index (χ1) is 7.94. The molecular weight excluding hydrogens is 212 g/mol. The van der Waals surface area contributed by atoms with Crippen LogP contribution in [0.5, 0.6) is 0 Å². The smallest absolute Gasteiger partial charge is 0.222 e. The Morgan fingerprint density at radius 3 is 2.35 bits per heavy atom. The van der Waals surface area contributed by atoms with Crippen LogP contribution in [-0.2, 0) is 17.6 Å². The molecule has 0 saturated heterocycles. The van der Waals surface area contributed by atoms with Crippen LogP contribution in [0.1, 0.15) is 31.4 Å². The first kappa shape index (κ1) is 12.1. The molecule has 1 amide bonds. The van der Waals surface area contributed by atoms with Crippen molar-refractivity contribution in [2.75, 3.05) is 0 Å². The maximum Gasteiger partial charge on any atom is 0.222 e. The van der Waals surface area contributed by atoms with E-state index in [1.54, 1.807) is 0 Å². The summed E-state index contributed by atoms with van der Waals surface area (Å²) in [7, 11) is 0. The molecule has 3 nitrogen and oxygen atoms in total. The molecule has 1 aliphatic rings. The van der Waals surface area contributed by atoms with Crippen LogP contribution in [0.25, 0.3) is 0 Å². The van der Waals surface area contributed by atoms with Crippen molar-refractivity contribution >= 4 is 5.91 Å². The van der Waals surface area contributed by atoms with Gasteiger partial charge in [0.15, 0.2) is 0 Å². The summed E-state index contributed by atoms with van der Waals surface area (Å²) in [6.45, 7) is 3.74. The van der Waals surface area contributed by atoms with Gasteiger partial charge in [0.1, 0.15) is 0 Å². The van der Waals surface area contributed by atoms with Crippen molar-refractivity contribution in [2.45, 2.75) is 44.7 Å². The third kappa shape index (κ3) is 3.30. The summed E-state index contributed by atoms with van der Waals surface area (Å²) in [5, 5.41) is 3.06. The summed E-state index contributed by atoms with van der Waals surface area (Å²) < 4.78 is 0. The van der Waals surface area contributed by atoms with Gasteiger partial charge in [-0.3, -0.25) is 4.79 Å². The number of benzene rings is 1. The summed E-state index contributed by atoms with van der Waals surface area (Å²) >= 11 is 0. The van der Waals surface area contributed by atoms with Gasteiger partial charge in [-0.1, -0.05) is 24.3 Å².